The molecule has 1 aliphatic rings. The standard InChI is InChI=1S/C12H26N2O/c1-2-8-14(10-7-13)9-3-5-12-6-4-11-15-12/h12H,2-11,13H2,1H3. The Kier molecular flexibility index (Phi) is 6.98. The van der Waals surface area contributed by atoms with Gasteiger partial charge in [-0.2, -0.15) is 0 Å². The van der Waals surface area contributed by atoms with Crippen molar-refractivity contribution in [2.24, 2.45) is 5.73 Å². The predicted octanol–water partition coefficient (Wildman–Crippen LogP) is 1.62. The summed E-state index contributed by atoms with van der Waals surface area (Å²) in [5.74, 6) is 0. The van der Waals surface area contributed by atoms with Crippen LogP contribution in [0.4, 0.5) is 0 Å². The van der Waals surface area contributed by atoms with E-state index in [1.165, 1.54) is 45.2 Å². The van der Waals surface area contributed by atoms with Crippen LogP contribution in [-0.4, -0.2) is 43.8 Å². The van der Waals surface area contributed by atoms with Crippen molar-refractivity contribution in [2.75, 3.05) is 32.8 Å². The fourth-order valence-corrected chi connectivity index (χ4v) is 2.25. The monoisotopic (exact) mass is 214 g/mol. The van der Waals surface area contributed by atoms with Gasteiger partial charge in [0.25, 0.3) is 0 Å². The number of hydrogen-bond donors (Lipinski definition) is 1. The highest BCUT2D eigenvalue weighted by Crippen LogP contribution is 2.16. The fraction of sp³-hybridized carbons (Fsp3) is 1.00. The second-order valence-corrected chi connectivity index (χ2v) is 4.41. The third-order valence-electron chi connectivity index (χ3n) is 3.01. The van der Waals surface area contributed by atoms with E-state index in [0.29, 0.717) is 6.10 Å². The van der Waals surface area contributed by atoms with Gasteiger partial charge < -0.3 is 15.4 Å². The van der Waals surface area contributed by atoms with Crippen molar-refractivity contribution >= 4 is 0 Å². The van der Waals surface area contributed by atoms with E-state index in [1.54, 1.807) is 0 Å². The Hall–Kier alpha value is -0.120. The van der Waals surface area contributed by atoms with E-state index in [-0.39, 0.29) is 0 Å². The van der Waals surface area contributed by atoms with Crippen molar-refractivity contribution in [3.05, 3.63) is 0 Å². The first kappa shape index (κ1) is 12.9. The molecule has 1 fully saturated rings. The van der Waals surface area contributed by atoms with Crippen molar-refractivity contribution in [1.82, 2.24) is 4.90 Å². The highest BCUT2D eigenvalue weighted by atomic mass is 16.5. The van der Waals surface area contributed by atoms with Gasteiger partial charge in [0.2, 0.25) is 0 Å². The van der Waals surface area contributed by atoms with E-state index in [0.717, 1.165) is 19.7 Å². The van der Waals surface area contributed by atoms with Crippen molar-refractivity contribution in [3.8, 4) is 0 Å². The summed E-state index contributed by atoms with van der Waals surface area (Å²) in [6.45, 7) is 7.39. The van der Waals surface area contributed by atoms with Crippen LogP contribution in [-0.2, 0) is 4.74 Å². The van der Waals surface area contributed by atoms with Crippen LogP contribution in [0.5, 0.6) is 0 Å². The van der Waals surface area contributed by atoms with E-state index < -0.39 is 0 Å². The average molecular weight is 214 g/mol. The van der Waals surface area contributed by atoms with Crippen molar-refractivity contribution in [2.45, 2.75) is 45.1 Å². The number of rotatable bonds is 8. The first-order valence-corrected chi connectivity index (χ1v) is 6.40. The van der Waals surface area contributed by atoms with Gasteiger partial charge in [0.05, 0.1) is 6.10 Å². The Morgan fingerprint density at radius 1 is 1.33 bits per heavy atom. The first-order valence-electron chi connectivity index (χ1n) is 6.40. The molecule has 0 aliphatic carbocycles. The van der Waals surface area contributed by atoms with Crippen LogP contribution in [0, 0.1) is 0 Å². The lowest BCUT2D eigenvalue weighted by Crippen LogP contribution is -2.31. The molecule has 90 valence electrons. The van der Waals surface area contributed by atoms with Crippen LogP contribution < -0.4 is 5.73 Å². The maximum Gasteiger partial charge on any atom is 0.0576 e. The third kappa shape index (κ3) is 5.50. The zero-order valence-corrected chi connectivity index (χ0v) is 10.1. The van der Waals surface area contributed by atoms with Gasteiger partial charge in [-0.05, 0) is 45.2 Å². The second kappa shape index (κ2) is 8.08. The predicted molar refractivity (Wildman–Crippen MR) is 64.0 cm³/mol. The Bertz CT molecular complexity index is 141. The maximum absolute atomic E-state index is 5.61. The summed E-state index contributed by atoms with van der Waals surface area (Å²) in [4.78, 5) is 2.47. The van der Waals surface area contributed by atoms with Gasteiger partial charge in [0.1, 0.15) is 0 Å². The maximum atomic E-state index is 5.61. The summed E-state index contributed by atoms with van der Waals surface area (Å²) < 4.78 is 5.61. The molecule has 0 aromatic carbocycles. The largest absolute Gasteiger partial charge is 0.378 e. The molecule has 0 radical (unpaired) electrons. The van der Waals surface area contributed by atoms with Crippen molar-refractivity contribution in [3.63, 3.8) is 0 Å². The average Bonchev–Trinajstić information content (AvgIpc) is 2.71. The molecule has 1 atom stereocenters. The molecule has 1 aliphatic heterocycles. The van der Waals surface area contributed by atoms with Crippen LogP contribution in [0.25, 0.3) is 0 Å². The lowest BCUT2D eigenvalue weighted by Gasteiger charge is -2.21. The Balaban J connectivity index is 2.04. The number of nitrogens with zero attached hydrogens (tertiary/aromatic N) is 1. The molecule has 3 nitrogen and oxygen atoms in total. The fourth-order valence-electron chi connectivity index (χ4n) is 2.25. The van der Waals surface area contributed by atoms with Crippen molar-refractivity contribution in [1.29, 1.82) is 0 Å². The van der Waals surface area contributed by atoms with Crippen molar-refractivity contribution < 1.29 is 4.74 Å². The summed E-state index contributed by atoms with van der Waals surface area (Å²) in [5.41, 5.74) is 5.59. The highest BCUT2D eigenvalue weighted by Gasteiger charge is 2.15. The van der Waals surface area contributed by atoms with Gasteiger partial charge in [-0.1, -0.05) is 6.92 Å². The topological polar surface area (TPSA) is 38.5 Å². The smallest absolute Gasteiger partial charge is 0.0576 e. The van der Waals surface area contributed by atoms with E-state index >= 15 is 0 Å². The molecule has 0 aromatic rings. The molecule has 1 saturated heterocycles. The Labute approximate surface area is 94.0 Å². The van der Waals surface area contributed by atoms with Crippen LogP contribution in [0.2, 0.25) is 0 Å². The first-order chi connectivity index (χ1) is 7.36. The van der Waals surface area contributed by atoms with E-state index in [1.807, 2.05) is 0 Å². The minimum Gasteiger partial charge on any atom is -0.378 e. The minimum atomic E-state index is 0.548. The van der Waals surface area contributed by atoms with E-state index in [9.17, 15) is 0 Å². The molecule has 0 bridgehead atoms. The summed E-state index contributed by atoms with van der Waals surface area (Å²) in [6.07, 6.45) is 6.78. The molecule has 0 aromatic heterocycles. The normalized spacial score (nSPS) is 21.4. The van der Waals surface area contributed by atoms with Crippen LogP contribution in [0.1, 0.15) is 39.0 Å². The quantitative estimate of drug-likeness (QED) is 0.667. The molecule has 0 saturated carbocycles. The highest BCUT2D eigenvalue weighted by molar-refractivity contribution is 4.66. The van der Waals surface area contributed by atoms with Gasteiger partial charge in [-0.25, -0.2) is 0 Å². The summed E-state index contributed by atoms with van der Waals surface area (Å²) in [6, 6.07) is 0. The molecule has 3 heteroatoms. The van der Waals surface area contributed by atoms with Gasteiger partial charge in [-0.3, -0.25) is 0 Å². The number of nitrogens with two attached hydrogens (primary N) is 1. The lowest BCUT2D eigenvalue weighted by molar-refractivity contribution is 0.0988. The molecular formula is C12H26N2O. The van der Waals surface area contributed by atoms with Gasteiger partial charge in [0.15, 0.2) is 0 Å². The third-order valence-corrected chi connectivity index (χ3v) is 3.01. The molecular weight excluding hydrogens is 188 g/mol. The minimum absolute atomic E-state index is 0.548. The molecule has 1 heterocycles. The summed E-state index contributed by atoms with van der Waals surface area (Å²) in [5, 5.41) is 0. The van der Waals surface area contributed by atoms with E-state index in [2.05, 4.69) is 11.8 Å². The summed E-state index contributed by atoms with van der Waals surface area (Å²) >= 11 is 0. The molecule has 0 spiro atoms. The molecule has 1 unspecified atom stereocenters. The summed E-state index contributed by atoms with van der Waals surface area (Å²) in [7, 11) is 0. The van der Waals surface area contributed by atoms with Crippen LogP contribution in [0.15, 0.2) is 0 Å². The lowest BCUT2D eigenvalue weighted by atomic mass is 10.1. The van der Waals surface area contributed by atoms with Gasteiger partial charge >= 0.3 is 0 Å². The molecule has 1 rings (SSSR count). The van der Waals surface area contributed by atoms with E-state index in [4.69, 9.17) is 10.5 Å². The van der Waals surface area contributed by atoms with Crippen LogP contribution >= 0.6 is 0 Å². The van der Waals surface area contributed by atoms with Gasteiger partial charge in [0, 0.05) is 19.7 Å². The molecule has 15 heavy (non-hydrogen) atoms. The number of hydrogen-bond acceptors (Lipinski definition) is 3. The zero-order valence-electron chi connectivity index (χ0n) is 10.1. The van der Waals surface area contributed by atoms with Gasteiger partial charge in [-0.15, -0.1) is 0 Å². The zero-order chi connectivity index (χ0) is 10.9. The second-order valence-electron chi connectivity index (χ2n) is 4.41. The Morgan fingerprint density at radius 3 is 2.80 bits per heavy atom. The number of ether oxygens (including phenoxy) is 1. The SMILES string of the molecule is CCCN(CCN)CCCC1CCCO1. The molecule has 2 N–H and O–H groups in total. The molecule has 0 amide bonds. The van der Waals surface area contributed by atoms with Crippen LogP contribution in [0.3, 0.4) is 0 Å². The Morgan fingerprint density at radius 2 is 2.20 bits per heavy atom.